The number of nitrogens with one attached hydrogen (secondary N) is 1. The number of rotatable bonds is 4. The molecule has 1 N–H and O–H groups in total. The Morgan fingerprint density at radius 2 is 2.08 bits per heavy atom. The second-order valence-electron chi connectivity index (χ2n) is 5.76. The van der Waals surface area contributed by atoms with Gasteiger partial charge >= 0.3 is 0 Å². The van der Waals surface area contributed by atoms with E-state index in [1.807, 2.05) is 12.1 Å². The van der Waals surface area contributed by atoms with Crippen molar-refractivity contribution in [1.29, 1.82) is 5.26 Å². The summed E-state index contributed by atoms with van der Waals surface area (Å²) in [5.74, 6) is 0.494. The third-order valence-electron chi connectivity index (χ3n) is 4.08. The van der Waals surface area contributed by atoms with Crippen LogP contribution in [-0.2, 0) is 4.79 Å². The third kappa shape index (κ3) is 3.92. The predicted molar refractivity (Wildman–Crippen MR) is 98.5 cm³/mol. The summed E-state index contributed by atoms with van der Waals surface area (Å²) in [6.07, 6.45) is 8.90. The summed E-state index contributed by atoms with van der Waals surface area (Å²) in [4.78, 5) is 12.1. The SMILES string of the molecule is N#CC1=C(SCC2=CCCC=C2)NC(=O)C[C@H]1c1ccc(Cl)cc1. The van der Waals surface area contributed by atoms with Crippen molar-refractivity contribution in [2.45, 2.75) is 25.2 Å². The maximum absolute atomic E-state index is 12.1. The molecule has 0 saturated heterocycles. The van der Waals surface area contributed by atoms with Crippen molar-refractivity contribution >= 4 is 29.3 Å². The van der Waals surface area contributed by atoms with E-state index in [1.54, 1.807) is 12.1 Å². The van der Waals surface area contributed by atoms with E-state index in [9.17, 15) is 10.1 Å². The molecule has 1 amide bonds. The fraction of sp³-hybridized carbons (Fsp3) is 0.263. The molecule has 1 aliphatic heterocycles. The number of carbonyl (C=O) groups excluding carboxylic acids is 1. The van der Waals surface area contributed by atoms with Crippen LogP contribution in [0, 0.1) is 11.3 Å². The maximum atomic E-state index is 12.1. The Labute approximate surface area is 151 Å². The van der Waals surface area contributed by atoms with Gasteiger partial charge < -0.3 is 5.32 Å². The smallest absolute Gasteiger partial charge is 0.225 e. The van der Waals surface area contributed by atoms with Crippen molar-refractivity contribution in [3.8, 4) is 6.07 Å². The number of thioether (sulfide) groups is 1. The highest BCUT2D eigenvalue weighted by atomic mass is 35.5. The molecule has 0 saturated carbocycles. The molecule has 0 unspecified atom stereocenters. The van der Waals surface area contributed by atoms with Gasteiger partial charge in [-0.05, 0) is 36.1 Å². The average Bonchev–Trinajstić information content (AvgIpc) is 2.61. The van der Waals surface area contributed by atoms with Gasteiger partial charge in [0.15, 0.2) is 0 Å². The minimum Gasteiger partial charge on any atom is -0.320 e. The molecule has 0 aromatic heterocycles. The van der Waals surface area contributed by atoms with Crippen LogP contribution in [0.15, 0.2) is 58.7 Å². The Kier molecular flexibility index (Phi) is 5.44. The van der Waals surface area contributed by atoms with Crippen LogP contribution in [0.2, 0.25) is 5.02 Å². The number of allylic oxidation sites excluding steroid dienone is 4. The van der Waals surface area contributed by atoms with Gasteiger partial charge in [-0.25, -0.2) is 0 Å². The zero-order valence-electron chi connectivity index (χ0n) is 13.1. The molecular formula is C19H17ClN2OS. The molecule has 0 bridgehead atoms. The highest BCUT2D eigenvalue weighted by molar-refractivity contribution is 8.03. The van der Waals surface area contributed by atoms with Crippen molar-refractivity contribution in [3.05, 3.63) is 69.3 Å². The second-order valence-corrected chi connectivity index (χ2v) is 7.18. The van der Waals surface area contributed by atoms with Crippen LogP contribution in [0.4, 0.5) is 0 Å². The summed E-state index contributed by atoms with van der Waals surface area (Å²) in [5.41, 5.74) is 2.81. The Morgan fingerprint density at radius 3 is 2.75 bits per heavy atom. The van der Waals surface area contributed by atoms with E-state index in [2.05, 4.69) is 29.6 Å². The minimum atomic E-state index is -0.209. The topological polar surface area (TPSA) is 52.9 Å². The number of hydrogen-bond acceptors (Lipinski definition) is 3. The normalized spacial score (nSPS) is 20.4. The first-order valence-electron chi connectivity index (χ1n) is 7.85. The van der Waals surface area contributed by atoms with Crippen molar-refractivity contribution in [2.24, 2.45) is 0 Å². The first-order chi connectivity index (χ1) is 11.7. The van der Waals surface area contributed by atoms with Crippen LogP contribution in [0.3, 0.4) is 0 Å². The quantitative estimate of drug-likeness (QED) is 0.851. The summed E-state index contributed by atoms with van der Waals surface area (Å²) >= 11 is 7.46. The molecular weight excluding hydrogens is 340 g/mol. The molecule has 24 heavy (non-hydrogen) atoms. The molecule has 2 aliphatic rings. The summed E-state index contributed by atoms with van der Waals surface area (Å²) in [6, 6.07) is 9.66. The third-order valence-corrected chi connectivity index (χ3v) is 5.42. The average molecular weight is 357 g/mol. The van der Waals surface area contributed by atoms with E-state index in [1.165, 1.54) is 17.3 Å². The molecule has 3 nitrogen and oxygen atoms in total. The van der Waals surface area contributed by atoms with E-state index in [4.69, 9.17) is 11.6 Å². The molecule has 0 radical (unpaired) electrons. The number of nitrogens with zero attached hydrogens (tertiary/aromatic N) is 1. The van der Waals surface area contributed by atoms with Crippen LogP contribution < -0.4 is 5.32 Å². The zero-order valence-corrected chi connectivity index (χ0v) is 14.7. The molecule has 1 atom stereocenters. The molecule has 1 aliphatic carbocycles. The van der Waals surface area contributed by atoms with Gasteiger partial charge in [0.1, 0.15) is 0 Å². The number of nitriles is 1. The number of amides is 1. The Bertz CT molecular complexity index is 772. The lowest BCUT2D eigenvalue weighted by atomic mass is 9.87. The van der Waals surface area contributed by atoms with E-state index in [0.717, 1.165) is 24.2 Å². The minimum absolute atomic E-state index is 0.0513. The molecule has 0 fully saturated rings. The molecule has 1 heterocycles. The summed E-state index contributed by atoms with van der Waals surface area (Å²) in [5, 5.41) is 13.8. The fourth-order valence-electron chi connectivity index (χ4n) is 2.84. The van der Waals surface area contributed by atoms with Gasteiger partial charge in [-0.15, -0.1) is 11.8 Å². The summed E-state index contributed by atoms with van der Waals surface area (Å²) in [7, 11) is 0. The van der Waals surface area contributed by atoms with Crippen molar-refractivity contribution in [1.82, 2.24) is 5.32 Å². The van der Waals surface area contributed by atoms with Crippen LogP contribution in [0.25, 0.3) is 0 Å². The molecule has 122 valence electrons. The Morgan fingerprint density at radius 1 is 1.29 bits per heavy atom. The summed E-state index contributed by atoms with van der Waals surface area (Å²) < 4.78 is 0. The van der Waals surface area contributed by atoms with Gasteiger partial charge in [-0.1, -0.05) is 42.0 Å². The zero-order chi connectivity index (χ0) is 16.9. The van der Waals surface area contributed by atoms with Crippen molar-refractivity contribution in [2.75, 3.05) is 5.75 Å². The lowest BCUT2D eigenvalue weighted by Crippen LogP contribution is -2.31. The highest BCUT2D eigenvalue weighted by Crippen LogP contribution is 2.36. The maximum Gasteiger partial charge on any atom is 0.225 e. The molecule has 5 heteroatoms. The number of halogens is 1. The van der Waals surface area contributed by atoms with Crippen LogP contribution in [0.1, 0.15) is 30.7 Å². The van der Waals surface area contributed by atoms with Gasteiger partial charge in [0, 0.05) is 23.1 Å². The molecule has 0 spiro atoms. The van der Waals surface area contributed by atoms with Crippen molar-refractivity contribution in [3.63, 3.8) is 0 Å². The lowest BCUT2D eigenvalue weighted by molar-refractivity contribution is -0.120. The van der Waals surface area contributed by atoms with Crippen LogP contribution >= 0.6 is 23.4 Å². The lowest BCUT2D eigenvalue weighted by Gasteiger charge is -2.25. The largest absolute Gasteiger partial charge is 0.320 e. The number of hydrogen-bond donors (Lipinski definition) is 1. The van der Waals surface area contributed by atoms with Gasteiger partial charge in [0.05, 0.1) is 16.7 Å². The first kappa shape index (κ1) is 16.9. The van der Waals surface area contributed by atoms with Gasteiger partial charge in [-0.3, -0.25) is 4.79 Å². The molecule has 3 rings (SSSR count). The molecule has 1 aromatic carbocycles. The van der Waals surface area contributed by atoms with Gasteiger partial charge in [0.25, 0.3) is 0 Å². The standard InChI is InChI=1S/C19H17ClN2OS/c20-15-8-6-14(7-9-15)16-10-18(23)22-19(17(16)11-21)24-12-13-4-2-1-3-5-13/h2,4-9,16H,1,3,10,12H2,(H,22,23)/t16-/m0/s1. The Balaban J connectivity index is 1.85. The van der Waals surface area contributed by atoms with E-state index < -0.39 is 0 Å². The first-order valence-corrected chi connectivity index (χ1v) is 9.21. The second kappa shape index (κ2) is 7.74. The van der Waals surface area contributed by atoms with Crippen molar-refractivity contribution < 1.29 is 4.79 Å². The van der Waals surface area contributed by atoms with E-state index in [-0.39, 0.29) is 18.2 Å². The van der Waals surface area contributed by atoms with Crippen LogP contribution in [-0.4, -0.2) is 11.7 Å². The number of carbonyl (C=O) groups is 1. The van der Waals surface area contributed by atoms with Gasteiger partial charge in [0.2, 0.25) is 5.91 Å². The summed E-state index contributed by atoms with van der Waals surface area (Å²) in [6.45, 7) is 0. The van der Waals surface area contributed by atoms with Crippen LogP contribution in [0.5, 0.6) is 0 Å². The fourth-order valence-corrected chi connectivity index (χ4v) is 4.02. The number of benzene rings is 1. The highest BCUT2D eigenvalue weighted by Gasteiger charge is 2.29. The Hall–Kier alpha value is -1.96. The van der Waals surface area contributed by atoms with E-state index in [0.29, 0.717) is 15.6 Å². The molecule has 1 aromatic rings. The van der Waals surface area contributed by atoms with Gasteiger partial charge in [-0.2, -0.15) is 5.26 Å². The van der Waals surface area contributed by atoms with E-state index >= 15 is 0 Å². The predicted octanol–water partition coefficient (Wildman–Crippen LogP) is 4.69. The monoisotopic (exact) mass is 356 g/mol.